The van der Waals surface area contributed by atoms with E-state index < -0.39 is 0 Å². The number of carbonyl (C=O) groups excluding carboxylic acids is 1. The van der Waals surface area contributed by atoms with Crippen molar-refractivity contribution in [3.05, 3.63) is 0 Å². The highest BCUT2D eigenvalue weighted by Gasteiger charge is 2.47. The van der Waals surface area contributed by atoms with E-state index in [0.717, 1.165) is 38.8 Å². The van der Waals surface area contributed by atoms with Crippen molar-refractivity contribution in [2.45, 2.75) is 57.2 Å². The summed E-state index contributed by atoms with van der Waals surface area (Å²) in [6, 6.07) is 1.00. The lowest BCUT2D eigenvalue weighted by atomic mass is 9.87. The van der Waals surface area contributed by atoms with Crippen molar-refractivity contribution in [3.63, 3.8) is 0 Å². The van der Waals surface area contributed by atoms with Gasteiger partial charge in [-0.15, -0.1) is 0 Å². The predicted octanol–water partition coefficient (Wildman–Crippen LogP) is 0.467. The Labute approximate surface area is 108 Å². The Hall–Kier alpha value is -1.10. The van der Waals surface area contributed by atoms with Gasteiger partial charge in [0.1, 0.15) is 5.54 Å². The molecule has 3 rings (SSSR count). The van der Waals surface area contributed by atoms with Crippen LogP contribution >= 0.6 is 0 Å². The van der Waals surface area contributed by atoms with Gasteiger partial charge in [-0.25, -0.2) is 4.99 Å². The van der Waals surface area contributed by atoms with E-state index >= 15 is 0 Å². The van der Waals surface area contributed by atoms with Crippen molar-refractivity contribution in [1.82, 2.24) is 15.5 Å². The highest BCUT2D eigenvalue weighted by atomic mass is 16.2. The third kappa shape index (κ3) is 2.11. The highest BCUT2D eigenvalue weighted by Crippen LogP contribution is 2.28. The minimum atomic E-state index is -0.390. The van der Waals surface area contributed by atoms with Gasteiger partial charge < -0.3 is 10.2 Å². The van der Waals surface area contributed by atoms with Crippen LogP contribution in [-0.4, -0.2) is 47.5 Å². The summed E-state index contributed by atoms with van der Waals surface area (Å²) in [5, 5.41) is 6.26. The number of aliphatic imine (C=N–C) groups is 1. The van der Waals surface area contributed by atoms with Crippen molar-refractivity contribution < 1.29 is 4.79 Å². The molecule has 1 saturated carbocycles. The third-order valence-corrected chi connectivity index (χ3v) is 4.26. The first kappa shape index (κ1) is 12.0. The molecule has 1 spiro atoms. The summed E-state index contributed by atoms with van der Waals surface area (Å²) < 4.78 is 0. The first-order valence-electron chi connectivity index (χ1n) is 7.00. The van der Waals surface area contributed by atoms with Crippen LogP contribution in [0.1, 0.15) is 39.5 Å². The van der Waals surface area contributed by atoms with Crippen LogP contribution in [0.3, 0.4) is 0 Å². The van der Waals surface area contributed by atoms with Gasteiger partial charge in [-0.05, 0) is 39.5 Å². The van der Waals surface area contributed by atoms with Gasteiger partial charge in [0.15, 0.2) is 5.96 Å². The fraction of sp³-hybridized carbons (Fsp3) is 0.846. The molecule has 100 valence electrons. The van der Waals surface area contributed by atoms with Crippen LogP contribution in [0.5, 0.6) is 0 Å². The molecule has 0 radical (unpaired) electrons. The molecular weight excluding hydrogens is 228 g/mol. The van der Waals surface area contributed by atoms with Gasteiger partial charge in [0, 0.05) is 19.1 Å². The lowest BCUT2D eigenvalue weighted by Crippen LogP contribution is -2.55. The van der Waals surface area contributed by atoms with E-state index in [0.29, 0.717) is 18.0 Å². The van der Waals surface area contributed by atoms with Gasteiger partial charge in [0.05, 0.1) is 6.04 Å². The largest absolute Gasteiger partial charge is 0.342 e. The van der Waals surface area contributed by atoms with Gasteiger partial charge in [0.25, 0.3) is 5.91 Å². The van der Waals surface area contributed by atoms with Gasteiger partial charge in [-0.3, -0.25) is 10.1 Å². The lowest BCUT2D eigenvalue weighted by molar-refractivity contribution is -0.125. The van der Waals surface area contributed by atoms with Crippen molar-refractivity contribution in [3.8, 4) is 0 Å². The second-order valence-corrected chi connectivity index (χ2v) is 6.00. The molecule has 2 saturated heterocycles. The maximum absolute atomic E-state index is 12.2. The Kier molecular flexibility index (Phi) is 2.81. The van der Waals surface area contributed by atoms with Crippen LogP contribution in [0, 0.1) is 0 Å². The van der Waals surface area contributed by atoms with Gasteiger partial charge in [-0.1, -0.05) is 0 Å². The number of amides is 1. The molecule has 2 N–H and O–H groups in total. The van der Waals surface area contributed by atoms with E-state index in [2.05, 4.69) is 34.4 Å². The number of piperidine rings is 1. The Morgan fingerprint density at radius 2 is 2.00 bits per heavy atom. The Balaban J connectivity index is 1.67. The Morgan fingerprint density at radius 3 is 2.56 bits per heavy atom. The van der Waals surface area contributed by atoms with Crippen LogP contribution < -0.4 is 10.6 Å². The number of guanidine groups is 1. The number of likely N-dealkylation sites (tertiary alicyclic amines) is 1. The monoisotopic (exact) mass is 250 g/mol. The first-order valence-corrected chi connectivity index (χ1v) is 7.00. The standard InChI is InChI=1S/C13H22N4O/c1-9(2)17-7-5-13(6-8-17)11(18)15-12(16-13)14-10-3-4-10/h9-10H,3-8H2,1-2H3,(H2,14,15,16,18). The van der Waals surface area contributed by atoms with Crippen molar-refractivity contribution >= 4 is 11.9 Å². The second kappa shape index (κ2) is 4.23. The molecule has 0 bridgehead atoms. The zero-order valence-electron chi connectivity index (χ0n) is 11.2. The maximum atomic E-state index is 12.2. The molecule has 0 atom stereocenters. The molecule has 3 aliphatic rings. The lowest BCUT2D eigenvalue weighted by Gasteiger charge is -2.39. The summed E-state index contributed by atoms with van der Waals surface area (Å²) >= 11 is 0. The molecule has 5 heteroatoms. The van der Waals surface area contributed by atoms with Crippen LogP contribution in [0.15, 0.2) is 4.99 Å². The summed E-state index contributed by atoms with van der Waals surface area (Å²) in [7, 11) is 0. The highest BCUT2D eigenvalue weighted by molar-refractivity contribution is 6.09. The summed E-state index contributed by atoms with van der Waals surface area (Å²) in [5.41, 5.74) is -0.390. The number of hydrogen-bond acceptors (Lipinski definition) is 3. The number of rotatable bonds is 2. The van der Waals surface area contributed by atoms with Crippen molar-refractivity contribution in [2.24, 2.45) is 4.99 Å². The van der Waals surface area contributed by atoms with Crippen LogP contribution in [0.4, 0.5) is 0 Å². The fourth-order valence-corrected chi connectivity index (χ4v) is 2.77. The minimum absolute atomic E-state index is 0.116. The van der Waals surface area contributed by atoms with E-state index in [-0.39, 0.29) is 11.4 Å². The van der Waals surface area contributed by atoms with Crippen LogP contribution in [-0.2, 0) is 4.79 Å². The zero-order valence-corrected chi connectivity index (χ0v) is 11.2. The topological polar surface area (TPSA) is 56.7 Å². The Bertz CT molecular complexity index is 378. The number of nitrogens with zero attached hydrogens (tertiary/aromatic N) is 2. The van der Waals surface area contributed by atoms with Crippen molar-refractivity contribution in [1.29, 1.82) is 0 Å². The smallest absolute Gasteiger partial charge is 0.252 e. The average Bonchev–Trinajstić information content (AvgIpc) is 3.08. The van der Waals surface area contributed by atoms with E-state index in [9.17, 15) is 4.79 Å². The molecule has 3 fully saturated rings. The molecular formula is C13H22N4O. The van der Waals surface area contributed by atoms with E-state index in [1.807, 2.05) is 0 Å². The average molecular weight is 250 g/mol. The van der Waals surface area contributed by atoms with Gasteiger partial charge >= 0.3 is 0 Å². The quantitative estimate of drug-likeness (QED) is 0.749. The molecule has 0 aromatic rings. The normalized spacial score (nSPS) is 29.9. The molecule has 5 nitrogen and oxygen atoms in total. The second-order valence-electron chi connectivity index (χ2n) is 6.00. The number of nitrogens with one attached hydrogen (secondary N) is 2. The molecule has 0 aromatic heterocycles. The van der Waals surface area contributed by atoms with E-state index in [1.165, 1.54) is 0 Å². The Morgan fingerprint density at radius 1 is 1.33 bits per heavy atom. The molecule has 1 aliphatic carbocycles. The third-order valence-electron chi connectivity index (χ3n) is 4.26. The maximum Gasteiger partial charge on any atom is 0.252 e. The molecule has 0 aromatic carbocycles. The summed E-state index contributed by atoms with van der Waals surface area (Å²) in [6.07, 6.45) is 4.08. The van der Waals surface area contributed by atoms with E-state index in [4.69, 9.17) is 0 Å². The molecule has 2 heterocycles. The summed E-state index contributed by atoms with van der Waals surface area (Å²) in [4.78, 5) is 19.1. The SMILES string of the molecule is CC(C)N1CCC2(CC1)NC(=NC1CC1)NC2=O. The van der Waals surface area contributed by atoms with Crippen molar-refractivity contribution in [2.75, 3.05) is 13.1 Å². The molecule has 0 unspecified atom stereocenters. The minimum Gasteiger partial charge on any atom is -0.342 e. The number of hydrogen-bond donors (Lipinski definition) is 2. The predicted molar refractivity (Wildman–Crippen MR) is 70.4 cm³/mol. The number of carbonyl (C=O) groups is 1. The molecule has 1 amide bonds. The summed E-state index contributed by atoms with van der Waals surface area (Å²) in [6.45, 7) is 6.38. The summed E-state index contributed by atoms with van der Waals surface area (Å²) in [5.74, 6) is 0.825. The zero-order chi connectivity index (χ0) is 12.8. The van der Waals surface area contributed by atoms with Crippen LogP contribution in [0.2, 0.25) is 0 Å². The van der Waals surface area contributed by atoms with E-state index in [1.54, 1.807) is 0 Å². The first-order chi connectivity index (χ1) is 8.59. The van der Waals surface area contributed by atoms with Gasteiger partial charge in [0.2, 0.25) is 0 Å². The fourth-order valence-electron chi connectivity index (χ4n) is 2.77. The molecule has 18 heavy (non-hydrogen) atoms. The van der Waals surface area contributed by atoms with Crippen LogP contribution in [0.25, 0.3) is 0 Å². The van der Waals surface area contributed by atoms with Gasteiger partial charge in [-0.2, -0.15) is 0 Å². The molecule has 2 aliphatic heterocycles.